The number of aromatic nitrogens is 2. The highest BCUT2D eigenvalue weighted by atomic mass is 19.4. The average Bonchev–Trinajstić information content (AvgIpc) is 3.49. The molecule has 3 aromatic rings. The van der Waals surface area contributed by atoms with Gasteiger partial charge in [0.25, 0.3) is 5.89 Å². The van der Waals surface area contributed by atoms with Crippen LogP contribution in [0.4, 0.5) is 28.0 Å². The maximum absolute atomic E-state index is 14.5. The Morgan fingerprint density at radius 2 is 1.74 bits per heavy atom. The van der Waals surface area contributed by atoms with E-state index in [1.807, 2.05) is 44.2 Å². The van der Waals surface area contributed by atoms with E-state index in [9.17, 15) is 22.4 Å². The van der Waals surface area contributed by atoms with Gasteiger partial charge in [-0.05, 0) is 114 Å². The number of alkyl halides is 4. The van der Waals surface area contributed by atoms with Crippen LogP contribution in [-0.2, 0) is 15.8 Å². The Balaban J connectivity index is 1.42. The van der Waals surface area contributed by atoms with Gasteiger partial charge in [0.1, 0.15) is 5.75 Å². The van der Waals surface area contributed by atoms with Crippen LogP contribution < -0.4 is 9.64 Å². The van der Waals surface area contributed by atoms with E-state index >= 15 is 0 Å². The fourth-order valence-electron chi connectivity index (χ4n) is 6.67. The maximum Gasteiger partial charge on any atom is 0.427 e. The third-order valence-electron chi connectivity index (χ3n) is 9.33. The lowest BCUT2D eigenvalue weighted by atomic mass is 9.58. The molecule has 2 aromatic carbocycles. The second kappa shape index (κ2) is 12.5. The van der Waals surface area contributed by atoms with Gasteiger partial charge in [-0.2, -0.15) is 18.2 Å². The van der Waals surface area contributed by atoms with Gasteiger partial charge in [-0.3, -0.25) is 4.90 Å². The molecule has 0 aliphatic heterocycles. The predicted octanol–water partition coefficient (Wildman–Crippen LogP) is 9.55. The average molecular weight is 646 g/mol. The summed E-state index contributed by atoms with van der Waals surface area (Å²) >= 11 is 0. The molecule has 2 aliphatic carbocycles. The molecule has 0 spiro atoms. The first-order valence-electron chi connectivity index (χ1n) is 16.0. The largest absolute Gasteiger partial charge is 0.491 e. The Bertz CT molecular complexity index is 1510. The van der Waals surface area contributed by atoms with E-state index in [4.69, 9.17) is 14.0 Å². The maximum atomic E-state index is 14.5. The van der Waals surface area contributed by atoms with E-state index in [0.717, 1.165) is 56.4 Å². The van der Waals surface area contributed by atoms with Gasteiger partial charge in [0.05, 0.1) is 6.10 Å². The molecule has 0 saturated heterocycles. The molecule has 0 radical (unpaired) electrons. The number of fused-ring (bicyclic) bond motifs is 2. The Morgan fingerprint density at radius 3 is 2.37 bits per heavy atom. The van der Waals surface area contributed by atoms with Gasteiger partial charge in [0, 0.05) is 17.6 Å². The molecule has 250 valence electrons. The third kappa shape index (κ3) is 7.18. The van der Waals surface area contributed by atoms with Gasteiger partial charge < -0.3 is 14.0 Å². The molecule has 1 amide bonds. The number of ether oxygens (including phenoxy) is 2. The molecule has 7 nitrogen and oxygen atoms in total. The van der Waals surface area contributed by atoms with E-state index in [0.29, 0.717) is 24.4 Å². The van der Waals surface area contributed by atoms with Crippen LogP contribution in [0.2, 0.25) is 0 Å². The Hall–Kier alpha value is -3.63. The lowest BCUT2D eigenvalue weighted by molar-refractivity contribution is -0.243. The third-order valence-corrected chi connectivity index (χ3v) is 9.33. The van der Waals surface area contributed by atoms with Gasteiger partial charge in [-0.15, -0.1) is 0 Å². The van der Waals surface area contributed by atoms with Crippen molar-refractivity contribution in [2.75, 3.05) is 11.4 Å². The Kier molecular flexibility index (Phi) is 9.18. The van der Waals surface area contributed by atoms with E-state index in [1.54, 1.807) is 18.2 Å². The van der Waals surface area contributed by atoms with E-state index in [2.05, 4.69) is 10.1 Å². The first-order valence-corrected chi connectivity index (χ1v) is 16.0. The van der Waals surface area contributed by atoms with Crippen LogP contribution in [0.1, 0.15) is 91.8 Å². The quantitative estimate of drug-likeness (QED) is 0.216. The molecule has 2 fully saturated rings. The fourth-order valence-corrected chi connectivity index (χ4v) is 6.67. The van der Waals surface area contributed by atoms with Crippen molar-refractivity contribution in [2.24, 2.45) is 11.8 Å². The number of hydrogen-bond donors (Lipinski definition) is 0. The SMILES string of the molecule is CC(C)Oc1ccc(-c2cccc(N(CC3CCC4(c5noc(C(C)(C)F)n5)CCCC3C4)C(=O)OC(C)(C)C(F)(F)F)c2)cc1. The summed E-state index contributed by atoms with van der Waals surface area (Å²) in [7, 11) is 0. The van der Waals surface area contributed by atoms with E-state index in [1.165, 1.54) is 18.7 Å². The van der Waals surface area contributed by atoms with Gasteiger partial charge in [0.15, 0.2) is 11.5 Å². The molecule has 2 bridgehead atoms. The highest BCUT2D eigenvalue weighted by molar-refractivity contribution is 5.89. The summed E-state index contributed by atoms with van der Waals surface area (Å²) in [4.78, 5) is 19.4. The molecular formula is C35H43F4N3O4. The van der Waals surface area contributed by atoms with Crippen molar-refractivity contribution >= 4 is 11.8 Å². The first kappa shape index (κ1) is 33.7. The van der Waals surface area contributed by atoms with Crippen molar-refractivity contribution < 1.29 is 36.4 Å². The molecule has 0 N–H and O–H groups in total. The number of halogens is 4. The zero-order valence-electron chi connectivity index (χ0n) is 27.3. The number of anilines is 1. The number of benzene rings is 2. The highest BCUT2D eigenvalue weighted by Crippen LogP contribution is 2.52. The van der Waals surface area contributed by atoms with Gasteiger partial charge >= 0.3 is 12.3 Å². The minimum absolute atomic E-state index is 0.00455. The summed E-state index contributed by atoms with van der Waals surface area (Å²) in [5.41, 5.74) is -2.68. The normalized spacial score (nSPS) is 22.1. The van der Waals surface area contributed by atoms with Crippen molar-refractivity contribution in [3.8, 4) is 16.9 Å². The van der Waals surface area contributed by atoms with Crippen molar-refractivity contribution in [1.29, 1.82) is 0 Å². The van der Waals surface area contributed by atoms with Crippen LogP contribution in [0.5, 0.6) is 5.75 Å². The predicted molar refractivity (Wildman–Crippen MR) is 166 cm³/mol. The molecule has 2 aliphatic rings. The molecule has 1 aromatic heterocycles. The number of amides is 1. The topological polar surface area (TPSA) is 77.7 Å². The first-order chi connectivity index (χ1) is 21.5. The monoisotopic (exact) mass is 645 g/mol. The lowest BCUT2D eigenvalue weighted by Gasteiger charge is -2.48. The Morgan fingerprint density at radius 1 is 1.02 bits per heavy atom. The van der Waals surface area contributed by atoms with Crippen LogP contribution in [0.3, 0.4) is 0 Å². The highest BCUT2D eigenvalue weighted by Gasteiger charge is 2.52. The number of carbonyl (C=O) groups is 1. The second-order valence-electron chi connectivity index (χ2n) is 14.1. The smallest absolute Gasteiger partial charge is 0.427 e. The van der Waals surface area contributed by atoms with E-state index in [-0.39, 0.29) is 35.8 Å². The van der Waals surface area contributed by atoms with Crippen molar-refractivity contribution in [3.63, 3.8) is 0 Å². The van der Waals surface area contributed by atoms with Crippen LogP contribution in [0.15, 0.2) is 53.1 Å². The van der Waals surface area contributed by atoms with Crippen molar-refractivity contribution in [3.05, 3.63) is 60.2 Å². The van der Waals surface area contributed by atoms with Crippen molar-refractivity contribution in [2.45, 2.75) is 109 Å². The number of hydrogen-bond acceptors (Lipinski definition) is 6. The summed E-state index contributed by atoms with van der Waals surface area (Å²) in [5.74, 6) is 1.34. The van der Waals surface area contributed by atoms with Gasteiger partial charge in [-0.1, -0.05) is 42.3 Å². The zero-order chi connectivity index (χ0) is 33.5. The minimum Gasteiger partial charge on any atom is -0.491 e. The molecule has 2 saturated carbocycles. The van der Waals surface area contributed by atoms with Crippen LogP contribution in [-0.4, -0.2) is 40.7 Å². The molecular weight excluding hydrogens is 602 g/mol. The van der Waals surface area contributed by atoms with Crippen LogP contribution in [0.25, 0.3) is 11.1 Å². The summed E-state index contributed by atoms with van der Waals surface area (Å²) in [6.07, 6.45) is -1.03. The number of nitrogens with zero attached hydrogens (tertiary/aromatic N) is 3. The number of rotatable bonds is 9. The van der Waals surface area contributed by atoms with Crippen LogP contribution in [0, 0.1) is 11.8 Å². The standard InChI is InChI=1S/C35H43F4N3O4/c1-22(2)44-28-14-12-23(13-15-28)24-9-7-11-27(19-24)42(31(43)45-33(5,6)35(37,38)39)21-26-16-18-34(17-8-10-25(26)20-34)29-40-30(46-41-29)32(3,4)36/h7,9,11-15,19,22,25-26H,8,10,16-18,20-21H2,1-6H3. The lowest BCUT2D eigenvalue weighted by Crippen LogP contribution is -2.50. The van der Waals surface area contributed by atoms with Gasteiger partial charge in [0.2, 0.25) is 5.60 Å². The van der Waals surface area contributed by atoms with E-state index < -0.39 is 23.5 Å². The molecule has 5 rings (SSSR count). The molecule has 3 atom stereocenters. The molecule has 46 heavy (non-hydrogen) atoms. The summed E-state index contributed by atoms with van der Waals surface area (Å²) < 4.78 is 72.2. The molecule has 1 heterocycles. The van der Waals surface area contributed by atoms with Gasteiger partial charge in [-0.25, -0.2) is 9.18 Å². The zero-order valence-corrected chi connectivity index (χ0v) is 27.3. The number of carbonyl (C=O) groups excluding carboxylic acids is 1. The van der Waals surface area contributed by atoms with Crippen molar-refractivity contribution in [1.82, 2.24) is 10.1 Å². The minimum atomic E-state index is -4.75. The summed E-state index contributed by atoms with van der Waals surface area (Å²) in [5, 5.41) is 4.18. The fraction of sp³-hybridized carbons (Fsp3) is 0.571. The summed E-state index contributed by atoms with van der Waals surface area (Å²) in [6, 6.07) is 14.7. The summed E-state index contributed by atoms with van der Waals surface area (Å²) in [6.45, 7) is 8.54. The second-order valence-corrected chi connectivity index (χ2v) is 14.1. The van der Waals surface area contributed by atoms with Crippen LogP contribution >= 0.6 is 0 Å². The Labute approximate surface area is 267 Å². The molecule has 11 heteroatoms. The molecule has 3 unspecified atom stereocenters.